The fraction of sp³-hybridized carbons (Fsp3) is 0.611. The molecule has 2 atom stereocenters. The molecule has 1 saturated heterocycles. The number of alkyl halides is 3. The molecule has 3 rings (SSSR count). The Kier molecular flexibility index (Phi) is 6.85. The van der Waals surface area contributed by atoms with Crippen LogP contribution in [0.2, 0.25) is 0 Å². The van der Waals surface area contributed by atoms with E-state index in [1.54, 1.807) is 6.07 Å². The number of hydrogen-bond acceptors (Lipinski definition) is 6. The van der Waals surface area contributed by atoms with Gasteiger partial charge in [-0.25, -0.2) is 22.7 Å². The van der Waals surface area contributed by atoms with E-state index < -0.39 is 23.6 Å². The highest BCUT2D eigenvalue weighted by Gasteiger charge is 2.35. The molecule has 3 heterocycles. The number of rotatable bonds is 3. The van der Waals surface area contributed by atoms with Gasteiger partial charge in [-0.2, -0.15) is 5.26 Å². The minimum Gasteiger partial charge on any atom is -0.391 e. The number of anilines is 1. The number of ether oxygens (including phenoxy) is 1. The third-order valence-electron chi connectivity index (χ3n) is 4.69. The molecule has 2 aromatic rings. The first-order chi connectivity index (χ1) is 13.1. The fourth-order valence-corrected chi connectivity index (χ4v) is 2.89. The molecular weight excluding hydrogens is 375 g/mol. The summed E-state index contributed by atoms with van der Waals surface area (Å²) in [5.41, 5.74) is 3.01. The van der Waals surface area contributed by atoms with E-state index in [1.807, 2.05) is 0 Å². The number of hydrogen-bond donors (Lipinski definition) is 2. The SMILES string of the molecule is CC(c1c(C#N)c(C(F)F)c2cnc(N)nn12)C(C)(C)F.OC1CCCOC1. The van der Waals surface area contributed by atoms with Crippen molar-refractivity contribution >= 4 is 11.5 Å². The van der Waals surface area contributed by atoms with E-state index >= 15 is 0 Å². The summed E-state index contributed by atoms with van der Waals surface area (Å²) in [5.74, 6) is -0.977. The van der Waals surface area contributed by atoms with E-state index in [0.717, 1.165) is 30.2 Å². The first-order valence-electron chi connectivity index (χ1n) is 8.87. The molecule has 2 unspecified atom stereocenters. The second-order valence-corrected chi connectivity index (χ2v) is 7.16. The second kappa shape index (κ2) is 8.75. The largest absolute Gasteiger partial charge is 0.391 e. The van der Waals surface area contributed by atoms with Crippen molar-refractivity contribution in [1.29, 1.82) is 5.26 Å². The zero-order chi connectivity index (χ0) is 21.1. The lowest BCUT2D eigenvalue weighted by atomic mass is 9.89. The molecule has 1 fully saturated rings. The minimum absolute atomic E-state index is 0.0400. The van der Waals surface area contributed by atoms with Crippen molar-refractivity contribution in [3.8, 4) is 6.07 Å². The number of nitrogens with zero attached hydrogens (tertiary/aromatic N) is 4. The highest BCUT2D eigenvalue weighted by molar-refractivity contribution is 5.65. The van der Waals surface area contributed by atoms with Gasteiger partial charge < -0.3 is 15.6 Å². The van der Waals surface area contributed by atoms with Crippen LogP contribution in [0.15, 0.2) is 6.20 Å². The van der Waals surface area contributed by atoms with Crippen molar-refractivity contribution in [2.45, 2.75) is 57.7 Å². The van der Waals surface area contributed by atoms with Crippen molar-refractivity contribution in [2.24, 2.45) is 0 Å². The number of fused-ring (bicyclic) bond motifs is 1. The molecule has 3 N–H and O–H groups in total. The molecule has 0 aliphatic carbocycles. The Labute approximate surface area is 160 Å². The summed E-state index contributed by atoms with van der Waals surface area (Å²) in [6, 6.07) is 1.73. The molecule has 0 bridgehead atoms. The van der Waals surface area contributed by atoms with E-state index in [1.165, 1.54) is 20.8 Å². The monoisotopic (exact) mass is 399 g/mol. The van der Waals surface area contributed by atoms with Crippen LogP contribution in [0.25, 0.3) is 5.52 Å². The van der Waals surface area contributed by atoms with Gasteiger partial charge in [-0.3, -0.25) is 0 Å². The van der Waals surface area contributed by atoms with Gasteiger partial charge >= 0.3 is 0 Å². The molecule has 154 valence electrons. The zero-order valence-electron chi connectivity index (χ0n) is 16.0. The summed E-state index contributed by atoms with van der Waals surface area (Å²) in [7, 11) is 0. The lowest BCUT2D eigenvalue weighted by Gasteiger charge is -2.23. The topological polar surface area (TPSA) is 109 Å². The van der Waals surface area contributed by atoms with Crippen LogP contribution < -0.4 is 5.73 Å². The second-order valence-electron chi connectivity index (χ2n) is 7.16. The van der Waals surface area contributed by atoms with E-state index in [2.05, 4.69) is 10.1 Å². The van der Waals surface area contributed by atoms with Crippen molar-refractivity contribution in [2.75, 3.05) is 18.9 Å². The maximum atomic E-state index is 14.2. The lowest BCUT2D eigenvalue weighted by molar-refractivity contribution is -0.00535. The third-order valence-corrected chi connectivity index (χ3v) is 4.69. The molecule has 2 aromatic heterocycles. The third kappa shape index (κ3) is 4.72. The number of aliphatic hydroxyl groups excluding tert-OH is 1. The quantitative estimate of drug-likeness (QED) is 0.821. The predicted octanol–water partition coefficient (Wildman–Crippen LogP) is 3.13. The van der Waals surface area contributed by atoms with Gasteiger partial charge in [-0.15, -0.1) is 5.10 Å². The summed E-state index contributed by atoms with van der Waals surface area (Å²) in [6.07, 6.45) is -0.0351. The van der Waals surface area contributed by atoms with E-state index in [0.29, 0.717) is 6.61 Å². The maximum absolute atomic E-state index is 14.2. The van der Waals surface area contributed by atoms with Crippen LogP contribution in [0.3, 0.4) is 0 Å². The Bertz CT molecular complexity index is 851. The lowest BCUT2D eigenvalue weighted by Crippen LogP contribution is -2.24. The van der Waals surface area contributed by atoms with Crippen molar-refractivity contribution in [1.82, 2.24) is 14.6 Å². The summed E-state index contributed by atoms with van der Waals surface area (Å²) < 4.78 is 46.8. The molecule has 0 amide bonds. The number of nitrogens with two attached hydrogens (primary N) is 1. The normalized spacial score (nSPS) is 18.5. The molecular formula is C18H24F3N5O2. The zero-order valence-corrected chi connectivity index (χ0v) is 16.0. The Hall–Kier alpha value is -2.38. The van der Waals surface area contributed by atoms with Crippen LogP contribution in [0.1, 0.15) is 62.8 Å². The smallest absolute Gasteiger partial charge is 0.267 e. The van der Waals surface area contributed by atoms with Gasteiger partial charge in [-0.1, -0.05) is 6.92 Å². The molecule has 0 spiro atoms. The molecule has 7 nitrogen and oxygen atoms in total. The van der Waals surface area contributed by atoms with Crippen molar-refractivity contribution in [3.63, 3.8) is 0 Å². The molecule has 0 aromatic carbocycles. The summed E-state index contributed by atoms with van der Waals surface area (Å²) in [5, 5.41) is 21.9. The van der Waals surface area contributed by atoms with Crippen LogP contribution >= 0.6 is 0 Å². The fourth-order valence-electron chi connectivity index (χ4n) is 2.89. The first kappa shape index (κ1) is 21.9. The summed E-state index contributed by atoms with van der Waals surface area (Å²) in [4.78, 5) is 3.67. The van der Waals surface area contributed by atoms with E-state index in [-0.39, 0.29) is 28.8 Å². The van der Waals surface area contributed by atoms with Gasteiger partial charge in [-0.05, 0) is 26.7 Å². The van der Waals surface area contributed by atoms with E-state index in [4.69, 9.17) is 15.6 Å². The number of halogens is 3. The summed E-state index contributed by atoms with van der Waals surface area (Å²) in [6.45, 7) is 5.50. The van der Waals surface area contributed by atoms with Crippen molar-refractivity contribution < 1.29 is 23.0 Å². The molecule has 0 saturated carbocycles. The predicted molar refractivity (Wildman–Crippen MR) is 96.7 cm³/mol. The van der Waals surface area contributed by atoms with Gasteiger partial charge in [0.1, 0.15) is 11.7 Å². The standard InChI is InChI=1S/C13H14F3N5.C5H10O2/c1-6(13(2,3)16)10-7(4-17)9(11(14)15)8-5-19-12(18)20-21(8)10;6-5-2-1-3-7-4-5/h5-6,11H,1-3H3,(H2,18,20);5-6H,1-4H2. The van der Waals surface area contributed by atoms with Gasteiger partial charge in [0.25, 0.3) is 6.43 Å². The maximum Gasteiger partial charge on any atom is 0.267 e. The highest BCUT2D eigenvalue weighted by Crippen LogP contribution is 2.39. The molecule has 10 heteroatoms. The molecule has 1 aliphatic heterocycles. The Morgan fingerprint density at radius 2 is 2.14 bits per heavy atom. The summed E-state index contributed by atoms with van der Waals surface area (Å²) >= 11 is 0. The molecule has 0 radical (unpaired) electrons. The van der Waals surface area contributed by atoms with Gasteiger partial charge in [0.05, 0.1) is 41.2 Å². The van der Waals surface area contributed by atoms with Crippen LogP contribution in [0.5, 0.6) is 0 Å². The van der Waals surface area contributed by atoms with Gasteiger partial charge in [0.2, 0.25) is 5.95 Å². The minimum atomic E-state index is -2.90. The number of aromatic nitrogens is 3. The highest BCUT2D eigenvalue weighted by atomic mass is 19.3. The average molecular weight is 399 g/mol. The number of nitrogen functional groups attached to an aromatic ring is 1. The van der Waals surface area contributed by atoms with Crippen LogP contribution in [0, 0.1) is 11.3 Å². The van der Waals surface area contributed by atoms with Gasteiger partial charge in [0, 0.05) is 12.5 Å². The average Bonchev–Trinajstić information content (AvgIpc) is 2.94. The van der Waals surface area contributed by atoms with Crippen LogP contribution in [-0.2, 0) is 4.74 Å². The van der Waals surface area contributed by atoms with Gasteiger partial charge in [0.15, 0.2) is 0 Å². The van der Waals surface area contributed by atoms with Crippen molar-refractivity contribution in [3.05, 3.63) is 23.0 Å². The molecule has 1 aliphatic rings. The van der Waals surface area contributed by atoms with E-state index in [9.17, 15) is 18.4 Å². The Morgan fingerprint density at radius 1 is 1.46 bits per heavy atom. The first-order valence-corrected chi connectivity index (χ1v) is 8.87. The Balaban J connectivity index is 0.000000336. The Morgan fingerprint density at radius 3 is 2.57 bits per heavy atom. The van der Waals surface area contributed by atoms with Crippen LogP contribution in [0.4, 0.5) is 19.1 Å². The molecule has 28 heavy (non-hydrogen) atoms. The van der Waals surface area contributed by atoms with Crippen LogP contribution in [-0.4, -0.2) is 44.7 Å². The number of nitriles is 1. The number of aliphatic hydroxyl groups is 1.